The number of rotatable bonds is 8. The minimum atomic E-state index is -1.07. The van der Waals surface area contributed by atoms with E-state index in [0.29, 0.717) is 19.0 Å². The predicted octanol–water partition coefficient (Wildman–Crippen LogP) is -0.252. The average molecular weight is 422 g/mol. The average Bonchev–Trinajstić information content (AvgIpc) is 3.31. The lowest BCUT2D eigenvalue weighted by Crippen LogP contribution is -2.47. The third kappa shape index (κ3) is 4.79. The molecule has 30 heavy (non-hydrogen) atoms. The fourth-order valence-electron chi connectivity index (χ4n) is 3.32. The van der Waals surface area contributed by atoms with Crippen LogP contribution in [0.15, 0.2) is 18.2 Å². The summed E-state index contributed by atoms with van der Waals surface area (Å²) >= 11 is 0. The second-order valence-electron chi connectivity index (χ2n) is 6.97. The van der Waals surface area contributed by atoms with Gasteiger partial charge in [0.05, 0.1) is 18.1 Å². The SMILES string of the molecule is O=C(CNC(=O)c1cc2cc(F)cc(F)c2[nH]1)NC(C[C@@H]1CCNC1=O)C(=O)CO. The summed E-state index contributed by atoms with van der Waals surface area (Å²) in [6, 6.07) is 1.91. The molecule has 3 amide bonds. The molecule has 0 aliphatic carbocycles. The van der Waals surface area contributed by atoms with E-state index in [4.69, 9.17) is 5.11 Å². The number of aromatic nitrogens is 1. The van der Waals surface area contributed by atoms with Gasteiger partial charge < -0.3 is 26.0 Å². The first kappa shape index (κ1) is 21.4. The first-order chi connectivity index (χ1) is 14.3. The molecule has 5 N–H and O–H groups in total. The lowest BCUT2D eigenvalue weighted by atomic mass is 9.96. The van der Waals surface area contributed by atoms with Crippen molar-refractivity contribution in [3.8, 4) is 0 Å². The third-order valence-corrected chi connectivity index (χ3v) is 4.86. The molecule has 3 rings (SSSR count). The van der Waals surface area contributed by atoms with Crippen LogP contribution in [0.1, 0.15) is 23.3 Å². The predicted molar refractivity (Wildman–Crippen MR) is 100 cm³/mol. The Balaban J connectivity index is 1.59. The van der Waals surface area contributed by atoms with Gasteiger partial charge in [0.15, 0.2) is 5.78 Å². The van der Waals surface area contributed by atoms with Crippen LogP contribution in [0.4, 0.5) is 8.78 Å². The molecule has 1 fully saturated rings. The lowest BCUT2D eigenvalue weighted by Gasteiger charge is -2.19. The van der Waals surface area contributed by atoms with Crippen LogP contribution >= 0.6 is 0 Å². The van der Waals surface area contributed by atoms with E-state index in [-0.39, 0.29) is 28.9 Å². The first-order valence-electron chi connectivity index (χ1n) is 9.25. The van der Waals surface area contributed by atoms with E-state index < -0.39 is 54.3 Å². The standard InChI is InChI=1S/C19H20F2N4O5/c20-11-3-10-5-14(25-17(10)12(21)6-11)19(30)23-7-16(28)24-13(15(27)8-26)4-9-1-2-22-18(9)29/h3,5-6,9,13,25-26H,1-2,4,7-8H2,(H,22,29)(H,23,30)(H,24,28)/t9-,13?/m0/s1. The van der Waals surface area contributed by atoms with E-state index in [0.717, 1.165) is 6.07 Å². The summed E-state index contributed by atoms with van der Waals surface area (Å²) in [6.45, 7) is -0.831. The van der Waals surface area contributed by atoms with Gasteiger partial charge in [-0.05, 0) is 25.0 Å². The molecule has 2 aromatic rings. The zero-order valence-corrected chi connectivity index (χ0v) is 15.8. The number of carbonyl (C=O) groups excluding carboxylic acids is 4. The highest BCUT2D eigenvalue weighted by Gasteiger charge is 2.31. The van der Waals surface area contributed by atoms with Crippen molar-refractivity contribution in [2.75, 3.05) is 19.7 Å². The number of carbonyl (C=O) groups is 4. The van der Waals surface area contributed by atoms with Crippen molar-refractivity contribution in [1.29, 1.82) is 0 Å². The van der Waals surface area contributed by atoms with Gasteiger partial charge in [-0.2, -0.15) is 0 Å². The summed E-state index contributed by atoms with van der Waals surface area (Å²) in [7, 11) is 0. The Morgan fingerprint density at radius 1 is 1.23 bits per heavy atom. The van der Waals surface area contributed by atoms with Crippen molar-refractivity contribution >= 4 is 34.4 Å². The Morgan fingerprint density at radius 3 is 2.67 bits per heavy atom. The van der Waals surface area contributed by atoms with E-state index in [1.807, 2.05) is 0 Å². The van der Waals surface area contributed by atoms with Gasteiger partial charge in [0.25, 0.3) is 5.91 Å². The monoisotopic (exact) mass is 422 g/mol. The summed E-state index contributed by atoms with van der Waals surface area (Å²) in [5, 5.41) is 16.6. The van der Waals surface area contributed by atoms with Gasteiger partial charge in [-0.15, -0.1) is 0 Å². The number of ketones is 1. The highest BCUT2D eigenvalue weighted by molar-refractivity contribution is 6.00. The van der Waals surface area contributed by atoms with Crippen molar-refractivity contribution in [3.63, 3.8) is 0 Å². The Hall–Kier alpha value is -3.34. The Bertz CT molecular complexity index is 1010. The highest BCUT2D eigenvalue weighted by Crippen LogP contribution is 2.20. The van der Waals surface area contributed by atoms with Gasteiger partial charge in [-0.1, -0.05) is 0 Å². The fourth-order valence-corrected chi connectivity index (χ4v) is 3.32. The largest absolute Gasteiger partial charge is 0.389 e. The van der Waals surface area contributed by atoms with E-state index in [1.165, 1.54) is 6.07 Å². The molecule has 1 aromatic heterocycles. The molecule has 1 aliphatic heterocycles. The number of fused-ring (bicyclic) bond motifs is 1. The Labute approximate surface area is 169 Å². The second kappa shape index (κ2) is 8.99. The first-order valence-corrected chi connectivity index (χ1v) is 9.25. The van der Waals surface area contributed by atoms with E-state index in [9.17, 15) is 28.0 Å². The summed E-state index contributed by atoms with van der Waals surface area (Å²) in [5.41, 5.74) is -0.123. The lowest BCUT2D eigenvalue weighted by molar-refractivity contribution is -0.130. The number of Topliss-reactive ketones (excluding diaryl/α,β-unsaturated/α-hetero) is 1. The molecule has 1 aliphatic rings. The number of aromatic amines is 1. The number of benzene rings is 1. The maximum absolute atomic E-state index is 13.7. The molecule has 9 nitrogen and oxygen atoms in total. The van der Waals surface area contributed by atoms with Crippen LogP contribution < -0.4 is 16.0 Å². The van der Waals surface area contributed by atoms with E-state index >= 15 is 0 Å². The van der Waals surface area contributed by atoms with Gasteiger partial charge >= 0.3 is 0 Å². The van der Waals surface area contributed by atoms with Crippen molar-refractivity contribution in [1.82, 2.24) is 20.9 Å². The molecule has 2 atom stereocenters. The number of hydrogen-bond donors (Lipinski definition) is 5. The molecule has 0 bridgehead atoms. The summed E-state index contributed by atoms with van der Waals surface area (Å²) in [5.74, 6) is -4.42. The molecule has 2 heterocycles. The summed E-state index contributed by atoms with van der Waals surface area (Å²) < 4.78 is 27.0. The van der Waals surface area contributed by atoms with Crippen molar-refractivity contribution in [2.45, 2.75) is 18.9 Å². The van der Waals surface area contributed by atoms with E-state index in [1.54, 1.807) is 0 Å². The molecule has 11 heteroatoms. The summed E-state index contributed by atoms with van der Waals surface area (Å²) in [6.07, 6.45) is 0.552. The van der Waals surface area contributed by atoms with E-state index in [2.05, 4.69) is 20.9 Å². The minimum absolute atomic E-state index is 0.0395. The van der Waals surface area contributed by atoms with Gasteiger partial charge in [0, 0.05) is 23.9 Å². The quantitative estimate of drug-likeness (QED) is 0.399. The molecule has 1 unspecified atom stereocenters. The zero-order chi connectivity index (χ0) is 21.8. The molecule has 0 spiro atoms. The molecule has 0 radical (unpaired) electrons. The number of amides is 3. The number of aliphatic hydroxyl groups excluding tert-OH is 1. The number of hydrogen-bond acceptors (Lipinski definition) is 5. The molecule has 0 saturated carbocycles. The van der Waals surface area contributed by atoms with Crippen molar-refractivity contribution in [3.05, 3.63) is 35.5 Å². The van der Waals surface area contributed by atoms with Crippen LogP contribution in [0.3, 0.4) is 0 Å². The van der Waals surface area contributed by atoms with Gasteiger partial charge in [0.1, 0.15) is 23.9 Å². The summed E-state index contributed by atoms with van der Waals surface area (Å²) in [4.78, 5) is 50.5. The molecule has 1 saturated heterocycles. The Morgan fingerprint density at radius 2 is 2.00 bits per heavy atom. The van der Waals surface area contributed by atoms with Crippen LogP contribution in [0, 0.1) is 17.6 Å². The number of nitrogens with one attached hydrogen (secondary N) is 4. The third-order valence-electron chi connectivity index (χ3n) is 4.86. The maximum Gasteiger partial charge on any atom is 0.268 e. The number of aliphatic hydroxyl groups is 1. The highest BCUT2D eigenvalue weighted by atomic mass is 19.1. The van der Waals surface area contributed by atoms with Crippen LogP contribution in [0.5, 0.6) is 0 Å². The second-order valence-corrected chi connectivity index (χ2v) is 6.97. The van der Waals surface area contributed by atoms with Crippen LogP contribution in [0.2, 0.25) is 0 Å². The molecule has 160 valence electrons. The zero-order valence-electron chi connectivity index (χ0n) is 15.8. The normalized spacial score (nSPS) is 16.9. The smallest absolute Gasteiger partial charge is 0.268 e. The fraction of sp³-hybridized carbons (Fsp3) is 0.368. The van der Waals surface area contributed by atoms with Crippen LogP contribution in [-0.2, 0) is 14.4 Å². The molecule has 1 aromatic carbocycles. The number of halogens is 2. The minimum Gasteiger partial charge on any atom is -0.389 e. The number of H-pyrrole nitrogens is 1. The van der Waals surface area contributed by atoms with Crippen LogP contribution in [-0.4, -0.2) is 59.3 Å². The topological polar surface area (TPSA) is 140 Å². The van der Waals surface area contributed by atoms with Gasteiger partial charge in [-0.25, -0.2) is 8.78 Å². The van der Waals surface area contributed by atoms with Crippen molar-refractivity contribution < 1.29 is 33.1 Å². The molecular formula is C19H20F2N4O5. The molecular weight excluding hydrogens is 402 g/mol. The van der Waals surface area contributed by atoms with Crippen molar-refractivity contribution in [2.24, 2.45) is 5.92 Å². The van der Waals surface area contributed by atoms with Gasteiger partial charge in [0.2, 0.25) is 11.8 Å². The van der Waals surface area contributed by atoms with Crippen LogP contribution in [0.25, 0.3) is 10.9 Å². The van der Waals surface area contributed by atoms with Gasteiger partial charge in [-0.3, -0.25) is 19.2 Å². The maximum atomic E-state index is 13.7. The Kier molecular flexibility index (Phi) is 6.40.